The normalized spacial score (nSPS) is 13.2. The van der Waals surface area contributed by atoms with Crippen molar-refractivity contribution < 1.29 is 37.6 Å². The third-order valence-corrected chi connectivity index (χ3v) is 14.5. The minimum atomic E-state index is -4.39. The molecule has 0 spiro atoms. The van der Waals surface area contributed by atoms with Gasteiger partial charge in [-0.3, -0.25) is 18.6 Å². The molecule has 2 atom stereocenters. The quantitative estimate of drug-likeness (QED) is 0.0264. The van der Waals surface area contributed by atoms with Crippen molar-refractivity contribution in [1.29, 1.82) is 0 Å². The number of phosphoric ester groups is 1. The first-order chi connectivity index (χ1) is 34.8. The second kappa shape index (κ2) is 57.5. The summed E-state index contributed by atoms with van der Waals surface area (Å²) >= 11 is 0. The van der Waals surface area contributed by atoms with E-state index in [2.05, 4.69) is 50.3 Å². The van der Waals surface area contributed by atoms with Crippen LogP contribution in [0.5, 0.6) is 0 Å². The predicted octanol–water partition coefficient (Wildman–Crippen LogP) is 19.2. The minimum absolute atomic E-state index is 0.0538. The number of unbranched alkanes of at least 4 members (excludes halogenated alkanes) is 39. The molecule has 0 aliphatic carbocycles. The lowest BCUT2D eigenvalue weighted by Gasteiger charge is -2.19. The van der Waals surface area contributed by atoms with Gasteiger partial charge in [0, 0.05) is 19.4 Å². The van der Waals surface area contributed by atoms with Crippen LogP contribution in [0, 0.1) is 0 Å². The number of ether oxygens (including phenoxy) is 2. The molecular formula is C61H116NO8P. The van der Waals surface area contributed by atoms with Gasteiger partial charge in [0.15, 0.2) is 6.10 Å². The number of allylic oxidation sites excluding steroid dienone is 6. The molecule has 0 rings (SSSR count). The Hall–Kier alpha value is -1.77. The Bertz CT molecular complexity index is 1260. The van der Waals surface area contributed by atoms with Crippen LogP contribution < -0.4 is 5.73 Å². The van der Waals surface area contributed by atoms with Crippen LogP contribution in [0.25, 0.3) is 0 Å². The lowest BCUT2D eigenvalue weighted by Crippen LogP contribution is -2.29. The van der Waals surface area contributed by atoms with Gasteiger partial charge in [0.25, 0.3) is 0 Å². The monoisotopic (exact) mass is 1020 g/mol. The van der Waals surface area contributed by atoms with Crippen molar-refractivity contribution in [1.82, 2.24) is 0 Å². The summed E-state index contributed by atoms with van der Waals surface area (Å²) < 4.78 is 33.1. The number of nitrogens with two attached hydrogens (primary N) is 1. The van der Waals surface area contributed by atoms with E-state index in [9.17, 15) is 19.0 Å². The van der Waals surface area contributed by atoms with Gasteiger partial charge in [-0.2, -0.15) is 0 Å². The van der Waals surface area contributed by atoms with Crippen molar-refractivity contribution in [3.8, 4) is 0 Å². The summed E-state index contributed by atoms with van der Waals surface area (Å²) in [5.41, 5.74) is 5.38. The first-order valence-electron chi connectivity index (χ1n) is 30.5. The molecule has 0 fully saturated rings. The van der Waals surface area contributed by atoms with Crippen molar-refractivity contribution in [2.75, 3.05) is 26.4 Å². The highest BCUT2D eigenvalue weighted by Crippen LogP contribution is 2.43. The van der Waals surface area contributed by atoms with Crippen LogP contribution in [0.2, 0.25) is 0 Å². The molecule has 3 N–H and O–H groups in total. The molecule has 418 valence electrons. The molecule has 0 amide bonds. The molecule has 0 radical (unpaired) electrons. The van der Waals surface area contributed by atoms with E-state index in [1.54, 1.807) is 0 Å². The molecular weight excluding hydrogens is 906 g/mol. The zero-order valence-corrected chi connectivity index (χ0v) is 47.6. The van der Waals surface area contributed by atoms with E-state index in [1.165, 1.54) is 225 Å². The zero-order valence-electron chi connectivity index (χ0n) is 46.7. The van der Waals surface area contributed by atoms with Crippen molar-refractivity contribution in [3.63, 3.8) is 0 Å². The van der Waals surface area contributed by atoms with Crippen molar-refractivity contribution >= 4 is 19.8 Å². The van der Waals surface area contributed by atoms with E-state index in [0.29, 0.717) is 6.42 Å². The number of carbonyl (C=O) groups excluding carboxylic acids is 2. The molecule has 0 saturated heterocycles. The Kier molecular flexibility index (Phi) is 56.1. The maximum Gasteiger partial charge on any atom is 0.472 e. The smallest absolute Gasteiger partial charge is 0.462 e. The number of rotatable bonds is 58. The zero-order chi connectivity index (χ0) is 51.7. The van der Waals surface area contributed by atoms with E-state index in [-0.39, 0.29) is 38.6 Å². The molecule has 0 bridgehead atoms. The van der Waals surface area contributed by atoms with Crippen LogP contribution in [0.3, 0.4) is 0 Å². The fraction of sp³-hybridized carbons (Fsp3) is 0.869. The average Bonchev–Trinajstić information content (AvgIpc) is 3.36. The van der Waals surface area contributed by atoms with Crippen LogP contribution in [-0.2, 0) is 32.7 Å². The third kappa shape index (κ3) is 57.4. The Morgan fingerprint density at radius 2 is 0.732 bits per heavy atom. The van der Waals surface area contributed by atoms with Gasteiger partial charge >= 0.3 is 19.8 Å². The van der Waals surface area contributed by atoms with Gasteiger partial charge in [-0.25, -0.2) is 4.57 Å². The molecule has 0 aromatic carbocycles. The van der Waals surface area contributed by atoms with Crippen molar-refractivity contribution in [2.45, 2.75) is 315 Å². The lowest BCUT2D eigenvalue weighted by molar-refractivity contribution is -0.161. The van der Waals surface area contributed by atoms with Crippen LogP contribution in [0.15, 0.2) is 36.5 Å². The molecule has 0 aromatic rings. The van der Waals surface area contributed by atoms with Gasteiger partial charge < -0.3 is 20.1 Å². The summed E-state index contributed by atoms with van der Waals surface area (Å²) in [4.78, 5) is 35.2. The molecule has 0 aromatic heterocycles. The number of carbonyl (C=O) groups is 2. The van der Waals surface area contributed by atoms with Gasteiger partial charge in [0.05, 0.1) is 13.2 Å². The number of hydrogen-bond acceptors (Lipinski definition) is 8. The highest BCUT2D eigenvalue weighted by Gasteiger charge is 2.26. The average molecular weight is 1020 g/mol. The molecule has 2 unspecified atom stereocenters. The highest BCUT2D eigenvalue weighted by molar-refractivity contribution is 7.47. The highest BCUT2D eigenvalue weighted by atomic mass is 31.2. The summed E-state index contributed by atoms with van der Waals surface area (Å²) in [5, 5.41) is 0. The maximum atomic E-state index is 12.7. The Balaban J connectivity index is 3.90. The molecule has 10 heteroatoms. The molecule has 9 nitrogen and oxygen atoms in total. The van der Waals surface area contributed by atoms with Gasteiger partial charge in [-0.05, 0) is 70.6 Å². The van der Waals surface area contributed by atoms with Crippen LogP contribution >= 0.6 is 7.82 Å². The first kappa shape index (κ1) is 69.2. The minimum Gasteiger partial charge on any atom is -0.462 e. The SMILES string of the molecule is CCCCCCC/C=C\C/C=C\CCCCCCCCCCCC(=O)OC(COC(=O)CCCCCCCCCCCCCCCCCCC/C=C\CCCCCCCCCC)COP(=O)(O)OCCN. The molecule has 0 heterocycles. The van der Waals surface area contributed by atoms with Crippen LogP contribution in [-0.4, -0.2) is 49.3 Å². The van der Waals surface area contributed by atoms with E-state index in [1.807, 2.05) is 0 Å². The Labute approximate surface area is 439 Å². The predicted molar refractivity (Wildman–Crippen MR) is 303 cm³/mol. The largest absolute Gasteiger partial charge is 0.472 e. The van der Waals surface area contributed by atoms with Gasteiger partial charge in [-0.15, -0.1) is 0 Å². The molecule has 0 saturated carbocycles. The third-order valence-electron chi connectivity index (χ3n) is 13.5. The van der Waals surface area contributed by atoms with Gasteiger partial charge in [0.1, 0.15) is 6.61 Å². The number of phosphoric acid groups is 1. The van der Waals surface area contributed by atoms with Crippen molar-refractivity contribution in [2.24, 2.45) is 5.73 Å². The van der Waals surface area contributed by atoms with Crippen molar-refractivity contribution in [3.05, 3.63) is 36.5 Å². The topological polar surface area (TPSA) is 134 Å². The molecule has 71 heavy (non-hydrogen) atoms. The Morgan fingerprint density at radius 3 is 1.08 bits per heavy atom. The summed E-state index contributed by atoms with van der Waals surface area (Å²) in [7, 11) is -4.39. The van der Waals surface area contributed by atoms with E-state index in [0.717, 1.165) is 51.4 Å². The Morgan fingerprint density at radius 1 is 0.423 bits per heavy atom. The second-order valence-corrected chi connectivity index (χ2v) is 22.0. The number of hydrogen-bond donors (Lipinski definition) is 2. The summed E-state index contributed by atoms with van der Waals surface area (Å²) in [6.45, 7) is 3.78. The standard InChI is InChI=1S/C61H116NO8P/c1-3-5-7-9-11-13-15-17-19-21-23-25-26-27-28-29-30-31-32-34-35-37-39-41-43-45-47-49-51-53-60(63)67-57-59(58-69-71(65,66)68-56-55-62)70-61(64)54-52-50-48-46-44-42-40-38-36-33-24-22-20-18-16-14-12-10-8-6-4-2/h16,18,21-24,59H,3-15,17,19-20,25-58,62H2,1-2H3,(H,65,66)/b18-16-,23-21-,24-22-. The fourth-order valence-electron chi connectivity index (χ4n) is 8.96. The van der Waals surface area contributed by atoms with Crippen LogP contribution in [0.4, 0.5) is 0 Å². The van der Waals surface area contributed by atoms with Crippen LogP contribution in [0.1, 0.15) is 309 Å². The first-order valence-corrected chi connectivity index (χ1v) is 32.0. The fourth-order valence-corrected chi connectivity index (χ4v) is 9.72. The van der Waals surface area contributed by atoms with Gasteiger partial charge in [-0.1, -0.05) is 262 Å². The molecule has 0 aliphatic heterocycles. The van der Waals surface area contributed by atoms with Gasteiger partial charge in [0.2, 0.25) is 0 Å². The summed E-state index contributed by atoms with van der Waals surface area (Å²) in [6, 6.07) is 0. The number of esters is 2. The lowest BCUT2D eigenvalue weighted by atomic mass is 10.0. The van der Waals surface area contributed by atoms with E-state index in [4.69, 9.17) is 24.3 Å². The summed E-state index contributed by atoms with van der Waals surface area (Å²) in [5.74, 6) is -0.818. The van der Waals surface area contributed by atoms with E-state index >= 15 is 0 Å². The second-order valence-electron chi connectivity index (χ2n) is 20.6. The van der Waals surface area contributed by atoms with E-state index < -0.39 is 26.5 Å². The maximum absolute atomic E-state index is 12.7. The molecule has 0 aliphatic rings. The summed E-state index contributed by atoms with van der Waals surface area (Å²) in [6.07, 6.45) is 69.2.